The molecule has 0 radical (unpaired) electrons. The first kappa shape index (κ1) is 25.2. The molecule has 0 aliphatic rings. The van der Waals surface area contributed by atoms with Crippen molar-refractivity contribution in [3.63, 3.8) is 0 Å². The number of esters is 1. The van der Waals surface area contributed by atoms with Gasteiger partial charge in [-0.15, -0.1) is 0 Å². The maximum Gasteiger partial charge on any atom is 0.329 e. The number of rotatable bonds is 8. The molecule has 0 aliphatic heterocycles. The molecule has 0 saturated carbocycles. The van der Waals surface area contributed by atoms with Gasteiger partial charge in [-0.05, 0) is 46.0 Å². The molecular formula is C34H31NO3. The van der Waals surface area contributed by atoms with Crippen molar-refractivity contribution < 1.29 is 14.3 Å². The summed E-state index contributed by atoms with van der Waals surface area (Å²) in [6.07, 6.45) is -0.183. The minimum atomic E-state index is -0.782. The third-order valence-electron chi connectivity index (χ3n) is 6.78. The fraction of sp³-hybridized carbons (Fsp3) is 0.176. The van der Waals surface area contributed by atoms with Crippen molar-refractivity contribution in [3.05, 3.63) is 132 Å². The van der Waals surface area contributed by atoms with E-state index in [1.54, 1.807) is 12.1 Å². The highest BCUT2D eigenvalue weighted by Crippen LogP contribution is 2.36. The van der Waals surface area contributed by atoms with E-state index in [1.165, 1.54) is 0 Å². The van der Waals surface area contributed by atoms with E-state index < -0.39 is 18.1 Å². The van der Waals surface area contributed by atoms with E-state index in [4.69, 9.17) is 4.74 Å². The summed E-state index contributed by atoms with van der Waals surface area (Å²) in [6.45, 7) is 4.06. The van der Waals surface area contributed by atoms with E-state index in [0.717, 1.165) is 32.7 Å². The number of hydrogen-bond donors (Lipinski definition) is 1. The van der Waals surface area contributed by atoms with Gasteiger partial charge in [-0.2, -0.15) is 0 Å². The van der Waals surface area contributed by atoms with E-state index >= 15 is 0 Å². The zero-order chi connectivity index (χ0) is 26.5. The standard InChI is InChI=1S/C34H31NO3/c1-23(2)22-31(35-33(36)26-14-4-3-5-15-26)34(37)38-32(29-20-10-16-24-12-6-8-18-27(24)29)30-21-11-17-25-13-7-9-19-28(25)30/h3-21,23,31-32H,22H2,1-2H3,(H,35,36)/t31-/m0/s1. The molecule has 190 valence electrons. The third-order valence-corrected chi connectivity index (χ3v) is 6.78. The van der Waals surface area contributed by atoms with Crippen LogP contribution in [0.15, 0.2) is 115 Å². The molecule has 0 aromatic heterocycles. The first-order valence-electron chi connectivity index (χ1n) is 13.0. The molecule has 4 nitrogen and oxygen atoms in total. The third kappa shape index (κ3) is 5.45. The molecule has 38 heavy (non-hydrogen) atoms. The lowest BCUT2D eigenvalue weighted by molar-refractivity contribution is -0.150. The predicted molar refractivity (Wildman–Crippen MR) is 153 cm³/mol. The van der Waals surface area contributed by atoms with Gasteiger partial charge >= 0.3 is 5.97 Å². The Morgan fingerprint density at radius 3 is 1.71 bits per heavy atom. The van der Waals surface area contributed by atoms with Crippen molar-refractivity contribution in [2.24, 2.45) is 5.92 Å². The molecule has 5 aromatic carbocycles. The van der Waals surface area contributed by atoms with Crippen LogP contribution >= 0.6 is 0 Å². The van der Waals surface area contributed by atoms with Crippen molar-refractivity contribution in [2.45, 2.75) is 32.4 Å². The highest BCUT2D eigenvalue weighted by molar-refractivity contribution is 5.97. The minimum absolute atomic E-state index is 0.178. The van der Waals surface area contributed by atoms with Crippen LogP contribution in [0, 0.1) is 5.92 Å². The van der Waals surface area contributed by atoms with Crippen LogP contribution in [-0.4, -0.2) is 17.9 Å². The first-order chi connectivity index (χ1) is 18.5. The Morgan fingerprint density at radius 1 is 0.658 bits per heavy atom. The van der Waals surface area contributed by atoms with Gasteiger partial charge in [0.25, 0.3) is 5.91 Å². The van der Waals surface area contributed by atoms with Crippen LogP contribution in [0.5, 0.6) is 0 Å². The SMILES string of the molecule is CC(C)C[C@H](NC(=O)c1ccccc1)C(=O)OC(c1cccc2ccccc12)c1cccc2ccccc12. The van der Waals surface area contributed by atoms with Crippen LogP contribution < -0.4 is 5.32 Å². The Hall–Kier alpha value is -4.44. The summed E-state index contributed by atoms with van der Waals surface area (Å²) in [5, 5.41) is 7.12. The van der Waals surface area contributed by atoms with Gasteiger partial charge in [0.1, 0.15) is 6.04 Å². The molecule has 1 atom stereocenters. The predicted octanol–water partition coefficient (Wildman–Crippen LogP) is 7.47. The largest absolute Gasteiger partial charge is 0.451 e. The first-order valence-corrected chi connectivity index (χ1v) is 13.0. The lowest BCUT2D eigenvalue weighted by atomic mass is 9.92. The second-order valence-corrected chi connectivity index (χ2v) is 9.98. The number of fused-ring (bicyclic) bond motifs is 2. The van der Waals surface area contributed by atoms with E-state index in [-0.39, 0.29) is 11.8 Å². The van der Waals surface area contributed by atoms with Gasteiger partial charge in [-0.3, -0.25) is 4.79 Å². The zero-order valence-corrected chi connectivity index (χ0v) is 21.6. The summed E-state index contributed by atoms with van der Waals surface area (Å²) in [6, 6.07) is 36.5. The van der Waals surface area contributed by atoms with Gasteiger partial charge in [0.05, 0.1) is 0 Å². The second kappa shape index (κ2) is 11.3. The van der Waals surface area contributed by atoms with Gasteiger partial charge in [0.2, 0.25) is 0 Å². The van der Waals surface area contributed by atoms with E-state index in [0.29, 0.717) is 12.0 Å². The van der Waals surface area contributed by atoms with Crippen LogP contribution in [0.3, 0.4) is 0 Å². The van der Waals surface area contributed by atoms with Gasteiger partial charge in [0, 0.05) is 16.7 Å². The van der Waals surface area contributed by atoms with Gasteiger partial charge < -0.3 is 10.1 Å². The number of carbonyl (C=O) groups excluding carboxylic acids is 2. The average molecular weight is 502 g/mol. The molecule has 0 unspecified atom stereocenters. The minimum Gasteiger partial charge on any atom is -0.451 e. The van der Waals surface area contributed by atoms with E-state index in [2.05, 4.69) is 41.7 Å². The monoisotopic (exact) mass is 501 g/mol. The number of amides is 1. The fourth-order valence-corrected chi connectivity index (χ4v) is 4.97. The number of nitrogens with one attached hydrogen (secondary N) is 1. The molecule has 0 heterocycles. The van der Waals surface area contributed by atoms with Crippen molar-refractivity contribution in [2.75, 3.05) is 0 Å². The lowest BCUT2D eigenvalue weighted by Crippen LogP contribution is -2.43. The van der Waals surface area contributed by atoms with E-state index in [9.17, 15) is 9.59 Å². The second-order valence-electron chi connectivity index (χ2n) is 9.98. The summed E-state index contributed by atoms with van der Waals surface area (Å²) < 4.78 is 6.38. The molecular weight excluding hydrogens is 470 g/mol. The van der Waals surface area contributed by atoms with Crippen LogP contribution in [-0.2, 0) is 9.53 Å². The molecule has 0 saturated heterocycles. The summed E-state index contributed by atoms with van der Waals surface area (Å²) in [5.74, 6) is -0.564. The average Bonchev–Trinajstić information content (AvgIpc) is 2.95. The lowest BCUT2D eigenvalue weighted by Gasteiger charge is -2.26. The molecule has 0 bridgehead atoms. The zero-order valence-electron chi connectivity index (χ0n) is 21.6. The number of carbonyl (C=O) groups is 2. The highest BCUT2D eigenvalue weighted by Gasteiger charge is 2.29. The molecule has 0 aliphatic carbocycles. The Bertz CT molecular complexity index is 1490. The molecule has 1 N–H and O–H groups in total. The molecule has 4 heteroatoms. The molecule has 0 fully saturated rings. The van der Waals surface area contributed by atoms with Crippen molar-refractivity contribution in [1.82, 2.24) is 5.32 Å². The Labute approximate surface area is 223 Å². The fourth-order valence-electron chi connectivity index (χ4n) is 4.97. The van der Waals surface area contributed by atoms with Crippen molar-refractivity contribution in [3.8, 4) is 0 Å². The summed E-state index contributed by atoms with van der Waals surface area (Å²) in [4.78, 5) is 26.8. The maximum atomic E-state index is 13.8. The summed E-state index contributed by atoms with van der Waals surface area (Å²) >= 11 is 0. The Kier molecular flexibility index (Phi) is 7.50. The quantitative estimate of drug-likeness (QED) is 0.224. The molecule has 0 spiro atoms. The Morgan fingerprint density at radius 2 is 1.16 bits per heavy atom. The van der Waals surface area contributed by atoms with Crippen molar-refractivity contribution in [1.29, 1.82) is 0 Å². The molecule has 1 amide bonds. The smallest absolute Gasteiger partial charge is 0.329 e. The summed E-state index contributed by atoms with van der Waals surface area (Å²) in [5.41, 5.74) is 2.32. The normalized spacial score (nSPS) is 12.1. The van der Waals surface area contributed by atoms with E-state index in [1.807, 2.05) is 80.6 Å². The van der Waals surface area contributed by atoms with Crippen LogP contribution in [0.4, 0.5) is 0 Å². The van der Waals surface area contributed by atoms with Gasteiger partial charge in [0.15, 0.2) is 6.10 Å². The summed E-state index contributed by atoms with van der Waals surface area (Å²) in [7, 11) is 0. The number of hydrogen-bond acceptors (Lipinski definition) is 3. The van der Waals surface area contributed by atoms with Crippen LogP contribution in [0.2, 0.25) is 0 Å². The Balaban J connectivity index is 1.56. The number of benzene rings is 5. The topological polar surface area (TPSA) is 55.4 Å². The molecule has 5 rings (SSSR count). The van der Waals surface area contributed by atoms with Crippen molar-refractivity contribution >= 4 is 33.4 Å². The molecule has 5 aromatic rings. The highest BCUT2D eigenvalue weighted by atomic mass is 16.5. The van der Waals surface area contributed by atoms with Crippen LogP contribution in [0.1, 0.15) is 47.9 Å². The maximum absolute atomic E-state index is 13.8. The number of ether oxygens (including phenoxy) is 1. The van der Waals surface area contributed by atoms with Crippen LogP contribution in [0.25, 0.3) is 21.5 Å². The van der Waals surface area contributed by atoms with Gasteiger partial charge in [-0.1, -0.05) is 117 Å². The van der Waals surface area contributed by atoms with Gasteiger partial charge in [-0.25, -0.2) is 4.79 Å².